The Morgan fingerprint density at radius 1 is 1.45 bits per heavy atom. The van der Waals surface area contributed by atoms with E-state index < -0.39 is 18.0 Å². The molecule has 0 saturated heterocycles. The lowest BCUT2D eigenvalue weighted by molar-refractivity contribution is -0.139. The number of nitrogens with one attached hydrogen (secondary N) is 2. The highest BCUT2D eigenvalue weighted by atomic mass is 32.1. The minimum atomic E-state index is -1.05. The smallest absolute Gasteiger partial charge is 0.331 e. The first-order chi connectivity index (χ1) is 9.66. The highest BCUT2D eigenvalue weighted by Crippen LogP contribution is 2.19. The second kappa shape index (κ2) is 7.09. The van der Waals surface area contributed by atoms with Crippen LogP contribution in [0.2, 0.25) is 0 Å². The molecular weight excluding hydrogens is 276 g/mol. The van der Waals surface area contributed by atoms with Crippen molar-refractivity contribution in [2.24, 2.45) is 5.92 Å². The third kappa shape index (κ3) is 4.09. The Labute approximate surface area is 121 Å². The van der Waals surface area contributed by atoms with Crippen LogP contribution in [0.4, 0.5) is 4.79 Å². The normalized spacial score (nSPS) is 19.3. The number of urea groups is 1. The molecule has 2 atom stereocenters. The van der Waals surface area contributed by atoms with E-state index in [9.17, 15) is 9.59 Å². The average Bonchev–Trinajstić information content (AvgIpc) is 2.97. The largest absolute Gasteiger partial charge is 0.479 e. The number of rotatable bonds is 5. The van der Waals surface area contributed by atoms with Gasteiger partial charge < -0.3 is 15.7 Å². The van der Waals surface area contributed by atoms with Gasteiger partial charge in [0, 0.05) is 11.4 Å². The molecule has 0 fully saturated rings. The summed E-state index contributed by atoms with van der Waals surface area (Å²) in [6, 6.07) is 2.06. The first-order valence-corrected chi connectivity index (χ1v) is 7.50. The van der Waals surface area contributed by atoms with Gasteiger partial charge in [-0.05, 0) is 36.6 Å². The molecule has 0 aromatic carbocycles. The summed E-state index contributed by atoms with van der Waals surface area (Å²) in [5, 5.41) is 16.2. The van der Waals surface area contributed by atoms with Crippen molar-refractivity contribution in [2.75, 3.05) is 6.54 Å². The fourth-order valence-corrected chi connectivity index (χ4v) is 2.94. The summed E-state index contributed by atoms with van der Waals surface area (Å²) in [5.41, 5.74) is 0. The summed E-state index contributed by atoms with van der Waals surface area (Å²) in [4.78, 5) is 23.6. The Morgan fingerprint density at radius 3 is 2.90 bits per heavy atom. The van der Waals surface area contributed by atoms with Crippen molar-refractivity contribution in [3.63, 3.8) is 0 Å². The van der Waals surface area contributed by atoms with E-state index in [0.717, 1.165) is 19.3 Å². The molecule has 1 aromatic rings. The van der Waals surface area contributed by atoms with Gasteiger partial charge in [-0.1, -0.05) is 18.2 Å². The third-order valence-corrected chi connectivity index (χ3v) is 4.22. The number of carbonyl (C=O) groups is 2. The van der Waals surface area contributed by atoms with Gasteiger partial charge >= 0.3 is 12.0 Å². The van der Waals surface area contributed by atoms with E-state index in [0.29, 0.717) is 17.3 Å². The van der Waals surface area contributed by atoms with E-state index in [-0.39, 0.29) is 0 Å². The lowest BCUT2D eigenvalue weighted by Crippen LogP contribution is -2.42. The fourth-order valence-electron chi connectivity index (χ4n) is 2.17. The van der Waals surface area contributed by atoms with E-state index in [4.69, 9.17) is 5.11 Å². The zero-order chi connectivity index (χ0) is 14.4. The van der Waals surface area contributed by atoms with Crippen LogP contribution >= 0.6 is 11.3 Å². The second-order valence-corrected chi connectivity index (χ2v) is 5.77. The average molecular weight is 294 g/mol. The summed E-state index contributed by atoms with van der Waals surface area (Å²) >= 11 is 1.32. The summed E-state index contributed by atoms with van der Waals surface area (Å²) in [6.07, 6.45) is 7.34. The Kier molecular flexibility index (Phi) is 5.17. The van der Waals surface area contributed by atoms with Gasteiger partial charge in [-0.2, -0.15) is 0 Å². The van der Waals surface area contributed by atoms with Gasteiger partial charge in [-0.15, -0.1) is 11.3 Å². The Balaban J connectivity index is 1.83. The Bertz CT molecular complexity index is 485. The molecule has 0 saturated carbocycles. The van der Waals surface area contributed by atoms with Crippen molar-refractivity contribution >= 4 is 23.3 Å². The molecule has 1 heterocycles. The topological polar surface area (TPSA) is 78.4 Å². The van der Waals surface area contributed by atoms with E-state index in [2.05, 4.69) is 22.8 Å². The molecule has 2 amide bonds. The quantitative estimate of drug-likeness (QED) is 0.730. The van der Waals surface area contributed by atoms with Gasteiger partial charge in [0.25, 0.3) is 0 Å². The number of hydrogen-bond donors (Lipinski definition) is 3. The van der Waals surface area contributed by atoms with Crippen molar-refractivity contribution in [2.45, 2.75) is 25.3 Å². The van der Waals surface area contributed by atoms with Gasteiger partial charge in [0.2, 0.25) is 0 Å². The monoisotopic (exact) mass is 294 g/mol. The zero-order valence-corrected chi connectivity index (χ0v) is 11.9. The van der Waals surface area contributed by atoms with Crippen LogP contribution in [-0.4, -0.2) is 23.7 Å². The van der Waals surface area contributed by atoms with Gasteiger partial charge in [0.05, 0.1) is 0 Å². The molecule has 0 bridgehead atoms. The molecule has 0 radical (unpaired) electrons. The van der Waals surface area contributed by atoms with E-state index in [1.807, 2.05) is 0 Å². The standard InChI is InChI=1S/C14H18N2O3S/c17-13(18)12(11-7-4-8-20-11)16-14(19)15-9-10-5-2-1-3-6-10/h1-2,4,7-8,10,12H,3,5-6,9H2,(H,17,18)(H2,15,16,19). The number of hydrogen-bond acceptors (Lipinski definition) is 3. The van der Waals surface area contributed by atoms with E-state index in [1.165, 1.54) is 11.3 Å². The molecule has 1 aromatic heterocycles. The highest BCUT2D eigenvalue weighted by Gasteiger charge is 2.23. The van der Waals surface area contributed by atoms with E-state index >= 15 is 0 Å². The maximum absolute atomic E-state index is 11.8. The van der Waals surface area contributed by atoms with Crippen molar-refractivity contribution in [3.05, 3.63) is 34.5 Å². The van der Waals surface area contributed by atoms with Crippen molar-refractivity contribution in [3.8, 4) is 0 Å². The maximum Gasteiger partial charge on any atom is 0.331 e. The molecule has 1 aliphatic rings. The number of allylic oxidation sites excluding steroid dienone is 2. The molecule has 20 heavy (non-hydrogen) atoms. The molecule has 108 valence electrons. The molecule has 1 aliphatic carbocycles. The van der Waals surface area contributed by atoms with Crippen molar-refractivity contribution < 1.29 is 14.7 Å². The van der Waals surface area contributed by atoms with Gasteiger partial charge in [-0.25, -0.2) is 9.59 Å². The van der Waals surface area contributed by atoms with Crippen LogP contribution in [0.15, 0.2) is 29.7 Å². The fraction of sp³-hybridized carbons (Fsp3) is 0.429. The van der Waals surface area contributed by atoms with Gasteiger partial charge in [-0.3, -0.25) is 0 Å². The van der Waals surface area contributed by atoms with Crippen LogP contribution in [0.1, 0.15) is 30.2 Å². The van der Waals surface area contributed by atoms with Gasteiger partial charge in [0.1, 0.15) is 0 Å². The van der Waals surface area contributed by atoms with Crippen molar-refractivity contribution in [1.82, 2.24) is 10.6 Å². The van der Waals surface area contributed by atoms with Gasteiger partial charge in [0.15, 0.2) is 6.04 Å². The van der Waals surface area contributed by atoms with Crippen LogP contribution in [0.3, 0.4) is 0 Å². The molecule has 0 aliphatic heterocycles. The summed E-state index contributed by atoms with van der Waals surface area (Å²) in [5.74, 6) is -0.612. The Morgan fingerprint density at radius 2 is 2.30 bits per heavy atom. The second-order valence-electron chi connectivity index (χ2n) is 4.79. The predicted octanol–water partition coefficient (Wildman–Crippen LogP) is 2.53. The molecule has 3 N–H and O–H groups in total. The predicted molar refractivity (Wildman–Crippen MR) is 77.7 cm³/mol. The number of carboxylic acids is 1. The lowest BCUT2D eigenvalue weighted by Gasteiger charge is -2.19. The number of aliphatic carboxylic acids is 1. The van der Waals surface area contributed by atoms with Crippen LogP contribution in [0.25, 0.3) is 0 Å². The SMILES string of the molecule is O=C(NCC1CC=CCC1)NC(C(=O)O)c1cccs1. The lowest BCUT2D eigenvalue weighted by atomic mass is 9.94. The third-order valence-electron chi connectivity index (χ3n) is 3.28. The summed E-state index contributed by atoms with van der Waals surface area (Å²) in [6.45, 7) is 0.576. The first kappa shape index (κ1) is 14.6. The molecule has 2 unspecified atom stereocenters. The number of carboxylic acid groups (broad SMARTS) is 1. The molecular formula is C14H18N2O3S. The molecule has 0 spiro atoms. The molecule has 2 rings (SSSR count). The van der Waals surface area contributed by atoms with Crippen LogP contribution in [-0.2, 0) is 4.79 Å². The minimum Gasteiger partial charge on any atom is -0.479 e. The molecule has 5 nitrogen and oxygen atoms in total. The minimum absolute atomic E-state index is 0.430. The highest BCUT2D eigenvalue weighted by molar-refractivity contribution is 7.10. The summed E-state index contributed by atoms with van der Waals surface area (Å²) in [7, 11) is 0. The summed E-state index contributed by atoms with van der Waals surface area (Å²) < 4.78 is 0. The molecule has 6 heteroatoms. The number of carbonyl (C=O) groups excluding carboxylic acids is 1. The van der Waals surface area contributed by atoms with Crippen molar-refractivity contribution in [1.29, 1.82) is 0 Å². The number of amides is 2. The van der Waals surface area contributed by atoms with Crippen LogP contribution < -0.4 is 10.6 Å². The van der Waals surface area contributed by atoms with E-state index in [1.54, 1.807) is 17.5 Å². The zero-order valence-electron chi connectivity index (χ0n) is 11.0. The first-order valence-electron chi connectivity index (χ1n) is 6.62. The van der Waals surface area contributed by atoms with Crippen LogP contribution in [0, 0.1) is 5.92 Å². The van der Waals surface area contributed by atoms with Crippen LogP contribution in [0.5, 0.6) is 0 Å². The Hall–Kier alpha value is -1.82. The number of thiophene rings is 1. The maximum atomic E-state index is 11.8.